The van der Waals surface area contributed by atoms with Crippen molar-refractivity contribution in [2.45, 2.75) is 52.1 Å². The molecule has 2 saturated heterocycles. The lowest BCUT2D eigenvalue weighted by Gasteiger charge is -2.38. The molecule has 3 aromatic rings. The van der Waals surface area contributed by atoms with Crippen LogP contribution in [0, 0.1) is 30.3 Å². The van der Waals surface area contributed by atoms with Crippen LogP contribution in [0.15, 0.2) is 24.3 Å². The van der Waals surface area contributed by atoms with Crippen LogP contribution in [0.3, 0.4) is 0 Å². The average molecular weight is 547 g/mol. The number of aromatic nitrogens is 3. The van der Waals surface area contributed by atoms with Crippen LogP contribution < -0.4 is 5.32 Å². The highest BCUT2D eigenvalue weighted by atomic mass is 35.5. The number of hydrogen-bond donors (Lipinski definition) is 2. The summed E-state index contributed by atoms with van der Waals surface area (Å²) in [5, 5.41) is 9.71. The van der Waals surface area contributed by atoms with Gasteiger partial charge in [-0.2, -0.15) is 5.10 Å². The zero-order valence-corrected chi connectivity index (χ0v) is 22.1. The van der Waals surface area contributed by atoms with Crippen LogP contribution in [-0.2, 0) is 13.0 Å². The van der Waals surface area contributed by atoms with Crippen molar-refractivity contribution in [3.05, 3.63) is 69.3 Å². The summed E-state index contributed by atoms with van der Waals surface area (Å²) in [6, 6.07) is 6.75. The van der Waals surface area contributed by atoms with E-state index in [0.29, 0.717) is 37.6 Å². The lowest BCUT2D eigenvalue weighted by atomic mass is 9.87. The number of hydrogen-bond acceptors (Lipinski definition) is 5. The highest BCUT2D eigenvalue weighted by molar-refractivity contribution is 6.30. The number of rotatable bonds is 7. The first-order valence-electron chi connectivity index (χ1n) is 12.8. The summed E-state index contributed by atoms with van der Waals surface area (Å²) < 4.78 is 45.5. The molecular formula is C27H30ClF3N6O. The van der Waals surface area contributed by atoms with Gasteiger partial charge in [0, 0.05) is 43.0 Å². The Morgan fingerprint density at radius 2 is 1.97 bits per heavy atom. The van der Waals surface area contributed by atoms with Gasteiger partial charge >= 0.3 is 0 Å². The third-order valence-corrected chi connectivity index (χ3v) is 7.76. The Kier molecular flexibility index (Phi) is 7.63. The molecule has 2 fully saturated rings. The summed E-state index contributed by atoms with van der Waals surface area (Å²) in [6.45, 7) is 5.90. The van der Waals surface area contributed by atoms with Crippen molar-refractivity contribution in [2.24, 2.45) is 5.92 Å². The minimum absolute atomic E-state index is 0.0524. The van der Waals surface area contributed by atoms with Gasteiger partial charge in [0.05, 0.1) is 10.7 Å². The van der Waals surface area contributed by atoms with Gasteiger partial charge in [0.25, 0.3) is 5.91 Å². The number of H-pyrrole nitrogens is 1. The van der Waals surface area contributed by atoms with E-state index in [-0.39, 0.29) is 34.9 Å². The number of carbonyl (C=O) groups is 1. The van der Waals surface area contributed by atoms with Crippen LogP contribution in [0.5, 0.6) is 0 Å². The normalized spacial score (nSPS) is 19.9. The number of pyridine rings is 1. The average Bonchev–Trinajstić information content (AvgIpc) is 3.25. The third kappa shape index (κ3) is 5.37. The molecule has 38 heavy (non-hydrogen) atoms. The van der Waals surface area contributed by atoms with Crippen molar-refractivity contribution in [3.8, 4) is 0 Å². The second-order valence-corrected chi connectivity index (χ2v) is 10.7. The maximum absolute atomic E-state index is 15.7. The smallest absolute Gasteiger partial charge is 0.260 e. The van der Waals surface area contributed by atoms with Gasteiger partial charge in [0.1, 0.15) is 11.4 Å². The lowest BCUT2D eigenvalue weighted by molar-refractivity contribution is 0.0640. The monoisotopic (exact) mass is 546 g/mol. The fourth-order valence-corrected chi connectivity index (χ4v) is 5.37. The standard InChI is InChI=1S/C27H30ClF3N6O/c1-15-11-21(35-34-15)33-26-25(31)22(27(38)36-8-4-9-36)24(30)20(32-26)13-17-7-10-37(16(2)12-17)14-18-5-3-6-19(28)23(18)29/h3,5-6,11,16-17H,4,7-10,12-14H2,1-2H3,(H2,32,33,34,35)/t16-,17-/m1/s1. The van der Waals surface area contributed by atoms with Gasteiger partial charge in [0.15, 0.2) is 23.3 Å². The molecule has 2 aliphatic rings. The highest BCUT2D eigenvalue weighted by Gasteiger charge is 2.33. The zero-order chi connectivity index (χ0) is 27.0. The van der Waals surface area contributed by atoms with E-state index in [2.05, 4.69) is 32.3 Å². The second-order valence-electron chi connectivity index (χ2n) is 10.2. The first kappa shape index (κ1) is 26.5. The predicted molar refractivity (Wildman–Crippen MR) is 139 cm³/mol. The number of halogens is 4. The first-order chi connectivity index (χ1) is 18.2. The Bertz CT molecular complexity index is 1340. The van der Waals surface area contributed by atoms with Crippen LogP contribution in [0.25, 0.3) is 0 Å². The lowest BCUT2D eigenvalue weighted by Crippen LogP contribution is -2.43. The van der Waals surface area contributed by atoms with Crippen LogP contribution in [0.4, 0.5) is 24.8 Å². The maximum Gasteiger partial charge on any atom is 0.260 e. The number of benzene rings is 1. The van der Waals surface area contributed by atoms with Crippen molar-refractivity contribution in [2.75, 3.05) is 25.0 Å². The highest BCUT2D eigenvalue weighted by Crippen LogP contribution is 2.32. The molecule has 0 aliphatic carbocycles. The van der Waals surface area contributed by atoms with Crippen LogP contribution in [0.1, 0.15) is 53.5 Å². The fourth-order valence-electron chi connectivity index (χ4n) is 5.18. The minimum Gasteiger partial charge on any atom is -0.338 e. The molecule has 11 heteroatoms. The number of anilines is 2. The molecule has 0 bridgehead atoms. The third-order valence-electron chi connectivity index (χ3n) is 7.47. The molecular weight excluding hydrogens is 517 g/mol. The molecule has 7 nitrogen and oxygen atoms in total. The maximum atomic E-state index is 15.7. The van der Waals surface area contributed by atoms with Gasteiger partial charge in [0.2, 0.25) is 0 Å². The minimum atomic E-state index is -1.02. The van der Waals surface area contributed by atoms with Gasteiger partial charge in [-0.3, -0.25) is 14.8 Å². The topological polar surface area (TPSA) is 77.2 Å². The van der Waals surface area contributed by atoms with Gasteiger partial charge in [-0.05, 0) is 58.1 Å². The van der Waals surface area contributed by atoms with E-state index in [1.807, 2.05) is 0 Å². The molecule has 2 aromatic heterocycles. The molecule has 5 rings (SSSR count). The summed E-state index contributed by atoms with van der Waals surface area (Å²) >= 11 is 5.94. The Labute approximate surface area is 224 Å². The molecule has 2 N–H and O–H groups in total. The van der Waals surface area contributed by atoms with E-state index in [1.54, 1.807) is 25.1 Å². The Morgan fingerprint density at radius 3 is 2.63 bits per heavy atom. The van der Waals surface area contributed by atoms with E-state index >= 15 is 8.78 Å². The molecule has 4 heterocycles. The molecule has 0 spiro atoms. The van der Waals surface area contributed by atoms with Crippen LogP contribution >= 0.6 is 11.6 Å². The Morgan fingerprint density at radius 1 is 1.18 bits per heavy atom. The summed E-state index contributed by atoms with van der Waals surface area (Å²) in [6.07, 6.45) is 2.50. The van der Waals surface area contributed by atoms with Gasteiger partial charge in [-0.1, -0.05) is 23.7 Å². The van der Waals surface area contributed by atoms with E-state index in [0.717, 1.165) is 25.0 Å². The fraction of sp³-hybridized carbons (Fsp3) is 0.444. The second kappa shape index (κ2) is 10.9. The SMILES string of the molecule is Cc1cc(Nc2nc(C[C@@H]3CCN(Cc4cccc(Cl)c4F)[C@H](C)C3)c(F)c(C(=O)N3CCC3)c2F)n[nH]1. The molecule has 0 unspecified atom stereocenters. The molecule has 2 atom stereocenters. The first-order valence-corrected chi connectivity index (χ1v) is 13.2. The Balaban J connectivity index is 1.36. The van der Waals surface area contributed by atoms with Crippen LogP contribution in [-0.4, -0.2) is 56.6 Å². The van der Waals surface area contributed by atoms with Gasteiger partial charge in [-0.25, -0.2) is 18.2 Å². The van der Waals surface area contributed by atoms with Crippen molar-refractivity contribution in [3.63, 3.8) is 0 Å². The van der Waals surface area contributed by atoms with Gasteiger partial charge in [-0.15, -0.1) is 0 Å². The quantitative estimate of drug-likeness (QED) is 0.402. The molecule has 1 aromatic carbocycles. The predicted octanol–water partition coefficient (Wildman–Crippen LogP) is 5.62. The number of amides is 1. The summed E-state index contributed by atoms with van der Waals surface area (Å²) in [7, 11) is 0. The number of piperidine rings is 1. The van der Waals surface area contributed by atoms with Crippen molar-refractivity contribution in [1.82, 2.24) is 25.0 Å². The molecule has 0 radical (unpaired) electrons. The van der Waals surface area contributed by atoms with Crippen LogP contribution in [0.2, 0.25) is 5.02 Å². The summed E-state index contributed by atoms with van der Waals surface area (Å²) in [4.78, 5) is 20.9. The van der Waals surface area contributed by atoms with Crippen molar-refractivity contribution in [1.29, 1.82) is 0 Å². The molecule has 0 saturated carbocycles. The van der Waals surface area contributed by atoms with E-state index in [9.17, 15) is 9.18 Å². The summed E-state index contributed by atoms with van der Waals surface area (Å²) in [5.74, 6) is -2.83. The van der Waals surface area contributed by atoms with E-state index in [4.69, 9.17) is 11.6 Å². The zero-order valence-electron chi connectivity index (χ0n) is 21.3. The number of carbonyl (C=O) groups excluding carboxylic acids is 1. The van der Waals surface area contributed by atoms with Crippen molar-refractivity contribution >= 4 is 29.1 Å². The summed E-state index contributed by atoms with van der Waals surface area (Å²) in [5.41, 5.74) is 0.765. The molecule has 2 aliphatic heterocycles. The Hall–Kier alpha value is -3.11. The van der Waals surface area contributed by atoms with E-state index < -0.39 is 28.9 Å². The largest absolute Gasteiger partial charge is 0.338 e. The van der Waals surface area contributed by atoms with Crippen molar-refractivity contribution < 1.29 is 18.0 Å². The number of aromatic amines is 1. The number of nitrogens with one attached hydrogen (secondary N) is 2. The number of aryl methyl sites for hydroxylation is 1. The molecule has 1 amide bonds. The van der Waals surface area contributed by atoms with E-state index in [1.165, 1.54) is 11.0 Å². The number of likely N-dealkylation sites (tertiary alicyclic amines) is 2. The van der Waals surface area contributed by atoms with Gasteiger partial charge < -0.3 is 10.2 Å². The number of nitrogens with zero attached hydrogens (tertiary/aromatic N) is 4. The molecule has 202 valence electrons.